The topological polar surface area (TPSA) is 0 Å². The number of hydrogen-bond acceptors (Lipinski definition) is 0. The maximum atomic E-state index is 2.48. The molecule has 0 heterocycles. The van der Waals surface area contributed by atoms with Crippen LogP contribution in [0, 0.1) is 0 Å². The van der Waals surface area contributed by atoms with Crippen molar-refractivity contribution < 1.29 is 0 Å². The molecule has 23 heavy (non-hydrogen) atoms. The van der Waals surface area contributed by atoms with E-state index in [1.807, 2.05) is 0 Å². The van der Waals surface area contributed by atoms with Crippen molar-refractivity contribution in [1.82, 2.24) is 0 Å². The minimum absolute atomic E-state index is 0.742. The number of rotatable bonds is 4. The molecule has 0 radical (unpaired) electrons. The van der Waals surface area contributed by atoms with Crippen LogP contribution < -0.4 is 0 Å². The Balaban J connectivity index is 2.69. The monoisotopic (exact) mass is 328 g/mol. The summed E-state index contributed by atoms with van der Waals surface area (Å²) in [7, 11) is -1.53. The van der Waals surface area contributed by atoms with E-state index in [0.717, 1.165) is 11.1 Å². The SMILES string of the molecule is CC[Si](CC)(C1C(C)=C(C)C(C)=C1C)C1C(C)=C(C)C(C)=C1C. The van der Waals surface area contributed by atoms with Gasteiger partial charge in [0.1, 0.15) is 0 Å². The van der Waals surface area contributed by atoms with Gasteiger partial charge in [0.15, 0.2) is 0 Å². The van der Waals surface area contributed by atoms with Gasteiger partial charge < -0.3 is 0 Å². The van der Waals surface area contributed by atoms with E-state index in [0.29, 0.717) is 0 Å². The van der Waals surface area contributed by atoms with Crippen molar-refractivity contribution in [2.45, 2.75) is 92.4 Å². The molecule has 0 saturated carbocycles. The van der Waals surface area contributed by atoms with Gasteiger partial charge in [-0.15, -0.1) is 0 Å². The second kappa shape index (κ2) is 6.24. The highest BCUT2D eigenvalue weighted by atomic mass is 28.3. The van der Waals surface area contributed by atoms with Gasteiger partial charge >= 0.3 is 0 Å². The third kappa shape index (κ3) is 2.38. The van der Waals surface area contributed by atoms with Crippen LogP contribution in [0.2, 0.25) is 23.2 Å². The zero-order chi connectivity index (χ0) is 17.7. The van der Waals surface area contributed by atoms with Crippen LogP contribution in [0.15, 0.2) is 44.6 Å². The predicted molar refractivity (Wildman–Crippen MR) is 108 cm³/mol. The quantitative estimate of drug-likeness (QED) is 0.466. The van der Waals surface area contributed by atoms with Gasteiger partial charge in [0.2, 0.25) is 0 Å². The van der Waals surface area contributed by atoms with E-state index < -0.39 is 8.07 Å². The zero-order valence-corrected chi connectivity index (χ0v) is 18.1. The summed E-state index contributed by atoms with van der Waals surface area (Å²) in [5.41, 5.74) is 14.5. The van der Waals surface area contributed by atoms with Gasteiger partial charge in [-0.3, -0.25) is 0 Å². The first-order chi connectivity index (χ1) is 10.7. The fraction of sp³-hybridized carbons (Fsp3) is 0.636. The van der Waals surface area contributed by atoms with E-state index in [-0.39, 0.29) is 0 Å². The molecule has 0 spiro atoms. The van der Waals surface area contributed by atoms with Gasteiger partial charge in [-0.05, 0) is 88.8 Å². The Morgan fingerprint density at radius 3 is 0.913 bits per heavy atom. The van der Waals surface area contributed by atoms with Crippen molar-refractivity contribution in [3.8, 4) is 0 Å². The van der Waals surface area contributed by atoms with Crippen molar-refractivity contribution >= 4 is 8.07 Å². The van der Waals surface area contributed by atoms with Crippen LogP contribution in [0.3, 0.4) is 0 Å². The molecule has 1 heteroatoms. The summed E-state index contributed by atoms with van der Waals surface area (Å²) < 4.78 is 0. The number of hydrogen-bond donors (Lipinski definition) is 0. The van der Waals surface area contributed by atoms with E-state index in [1.54, 1.807) is 44.6 Å². The standard InChI is InChI=1S/C22H36Si/c1-11-23(12-2,21-17(7)13(3)14(4)18(21)8)22-19(9)15(5)16(6)20(22)10/h21-22H,11-12H2,1-10H3. The summed E-state index contributed by atoms with van der Waals surface area (Å²) in [6, 6.07) is 2.76. The highest BCUT2D eigenvalue weighted by Crippen LogP contribution is 2.59. The lowest BCUT2D eigenvalue weighted by Gasteiger charge is -2.44. The molecule has 0 nitrogen and oxygen atoms in total. The van der Waals surface area contributed by atoms with Gasteiger partial charge in [-0.25, -0.2) is 0 Å². The summed E-state index contributed by atoms with van der Waals surface area (Å²) in [6.45, 7) is 24.0. The first-order valence-corrected chi connectivity index (χ1v) is 11.9. The molecular formula is C22H36Si. The average Bonchev–Trinajstić information content (AvgIpc) is 2.85. The third-order valence-electron chi connectivity index (χ3n) is 7.69. The van der Waals surface area contributed by atoms with Gasteiger partial charge in [-0.1, -0.05) is 48.2 Å². The second-order valence-corrected chi connectivity index (χ2v) is 13.1. The van der Waals surface area contributed by atoms with Crippen LogP contribution in [0.4, 0.5) is 0 Å². The van der Waals surface area contributed by atoms with Crippen LogP contribution in [0.5, 0.6) is 0 Å². The molecule has 0 unspecified atom stereocenters. The molecule has 0 amide bonds. The van der Waals surface area contributed by atoms with Gasteiger partial charge in [0, 0.05) is 0 Å². The lowest BCUT2D eigenvalue weighted by molar-refractivity contribution is 0.925. The fourth-order valence-electron chi connectivity index (χ4n) is 5.66. The Hall–Kier alpha value is -0.823. The minimum atomic E-state index is -1.53. The molecule has 0 aromatic rings. The van der Waals surface area contributed by atoms with Crippen LogP contribution in [0.25, 0.3) is 0 Å². The summed E-state index contributed by atoms with van der Waals surface area (Å²) >= 11 is 0. The van der Waals surface area contributed by atoms with Crippen LogP contribution in [-0.2, 0) is 0 Å². The largest absolute Gasteiger partial charge is 0.0767 e. The molecule has 128 valence electrons. The molecule has 0 aliphatic heterocycles. The van der Waals surface area contributed by atoms with Crippen molar-refractivity contribution in [1.29, 1.82) is 0 Å². The maximum absolute atomic E-state index is 2.48. The van der Waals surface area contributed by atoms with E-state index in [9.17, 15) is 0 Å². The smallest absolute Gasteiger partial charge is 0.0677 e. The van der Waals surface area contributed by atoms with Crippen molar-refractivity contribution in [3.05, 3.63) is 44.6 Å². The molecule has 0 fully saturated rings. The lowest BCUT2D eigenvalue weighted by Crippen LogP contribution is -2.44. The van der Waals surface area contributed by atoms with Gasteiger partial charge in [-0.2, -0.15) is 0 Å². The van der Waals surface area contributed by atoms with Crippen LogP contribution >= 0.6 is 0 Å². The van der Waals surface area contributed by atoms with Gasteiger partial charge in [0.25, 0.3) is 0 Å². The lowest BCUT2D eigenvalue weighted by atomic mass is 10.1. The maximum Gasteiger partial charge on any atom is 0.0767 e. The molecule has 0 aromatic heterocycles. The zero-order valence-electron chi connectivity index (χ0n) is 17.1. The Labute approximate surface area is 145 Å². The van der Waals surface area contributed by atoms with Crippen LogP contribution in [0.1, 0.15) is 69.2 Å². The number of allylic oxidation sites excluding steroid dienone is 8. The Morgan fingerprint density at radius 1 is 0.522 bits per heavy atom. The molecule has 2 aliphatic carbocycles. The molecule has 0 atom stereocenters. The molecule has 0 saturated heterocycles. The highest BCUT2D eigenvalue weighted by molar-refractivity contribution is 6.85. The average molecular weight is 329 g/mol. The Morgan fingerprint density at radius 2 is 0.739 bits per heavy atom. The van der Waals surface area contributed by atoms with E-state index in [2.05, 4.69) is 69.2 Å². The first-order valence-electron chi connectivity index (χ1n) is 9.35. The minimum Gasteiger partial charge on any atom is -0.0677 e. The molecule has 2 aliphatic rings. The summed E-state index contributed by atoms with van der Waals surface area (Å²) in [4.78, 5) is 0. The normalized spacial score (nSPS) is 21.7. The van der Waals surface area contributed by atoms with E-state index in [4.69, 9.17) is 0 Å². The molecule has 0 N–H and O–H groups in total. The molecule has 0 aromatic carbocycles. The summed E-state index contributed by atoms with van der Waals surface area (Å²) in [5.74, 6) is 0. The molecule has 0 bridgehead atoms. The van der Waals surface area contributed by atoms with Crippen molar-refractivity contribution in [3.63, 3.8) is 0 Å². The Bertz CT molecular complexity index is 545. The molecule has 2 rings (SSSR count). The van der Waals surface area contributed by atoms with Gasteiger partial charge in [0.05, 0.1) is 8.07 Å². The van der Waals surface area contributed by atoms with Crippen LogP contribution in [-0.4, -0.2) is 8.07 Å². The van der Waals surface area contributed by atoms with E-state index >= 15 is 0 Å². The van der Waals surface area contributed by atoms with Crippen molar-refractivity contribution in [2.75, 3.05) is 0 Å². The highest BCUT2D eigenvalue weighted by Gasteiger charge is 2.51. The first kappa shape index (κ1) is 18.5. The third-order valence-corrected chi connectivity index (χ3v) is 14.4. The predicted octanol–water partition coefficient (Wildman–Crippen LogP) is 7.59. The second-order valence-electron chi connectivity index (χ2n) is 8.04. The van der Waals surface area contributed by atoms with Crippen molar-refractivity contribution in [2.24, 2.45) is 0 Å². The molecular weight excluding hydrogens is 292 g/mol. The van der Waals surface area contributed by atoms with E-state index in [1.165, 1.54) is 12.1 Å². The summed E-state index contributed by atoms with van der Waals surface area (Å²) in [5, 5.41) is 0. The fourth-order valence-corrected chi connectivity index (χ4v) is 12.4. The summed E-state index contributed by atoms with van der Waals surface area (Å²) in [6.07, 6.45) is 0. The Kier molecular flexibility index (Phi) is 5.02.